The second-order valence-electron chi connectivity index (χ2n) is 4.17. The molecule has 78 valence electrons. The first-order chi connectivity index (χ1) is 7.36. The molecule has 0 aromatic carbocycles. The maximum absolute atomic E-state index is 4.04. The van der Waals surface area contributed by atoms with Gasteiger partial charge in [0.25, 0.3) is 0 Å². The molecule has 1 unspecified atom stereocenters. The van der Waals surface area contributed by atoms with E-state index in [0.717, 1.165) is 6.42 Å². The molecular formula is C14H17N. The Bertz CT molecular complexity index is 362. The predicted octanol–water partition coefficient (Wildman–Crippen LogP) is 3.54. The Labute approximate surface area is 91.6 Å². The molecule has 0 saturated carbocycles. The molecule has 1 atom stereocenters. The molecule has 0 saturated heterocycles. The van der Waals surface area contributed by atoms with E-state index in [4.69, 9.17) is 0 Å². The van der Waals surface area contributed by atoms with Crippen LogP contribution in [0.2, 0.25) is 0 Å². The van der Waals surface area contributed by atoms with E-state index in [1.165, 1.54) is 18.4 Å². The molecule has 1 aliphatic carbocycles. The van der Waals surface area contributed by atoms with Crippen LogP contribution in [0.15, 0.2) is 48.3 Å². The third-order valence-corrected chi connectivity index (χ3v) is 2.97. The van der Waals surface area contributed by atoms with Crippen LogP contribution in [0, 0.1) is 5.92 Å². The molecule has 0 N–H and O–H groups in total. The van der Waals surface area contributed by atoms with E-state index in [1.807, 2.05) is 12.4 Å². The number of hydrogen-bond donors (Lipinski definition) is 0. The number of rotatable bonds is 3. The molecule has 0 amide bonds. The van der Waals surface area contributed by atoms with Gasteiger partial charge >= 0.3 is 0 Å². The summed E-state index contributed by atoms with van der Waals surface area (Å²) >= 11 is 0. The van der Waals surface area contributed by atoms with Crippen molar-refractivity contribution >= 4 is 0 Å². The van der Waals surface area contributed by atoms with Crippen molar-refractivity contribution in [2.75, 3.05) is 0 Å². The monoisotopic (exact) mass is 199 g/mol. The van der Waals surface area contributed by atoms with Gasteiger partial charge in [-0.15, -0.1) is 0 Å². The Balaban J connectivity index is 2.00. The Morgan fingerprint density at radius 2 is 2.13 bits per heavy atom. The first-order valence-corrected chi connectivity index (χ1v) is 5.61. The molecule has 0 aliphatic heterocycles. The van der Waals surface area contributed by atoms with E-state index in [0.29, 0.717) is 5.92 Å². The molecule has 1 heterocycles. The van der Waals surface area contributed by atoms with E-state index in [9.17, 15) is 0 Å². The standard InChI is InChI=1S/C14H17N/c1-12(14-5-3-2-4-6-14)11-13-7-9-15-10-8-13/h2-3,5,7-10,12H,4,6,11H2,1H3. The normalized spacial score (nSPS) is 17.3. The van der Waals surface area contributed by atoms with Crippen LogP contribution in [-0.2, 0) is 6.42 Å². The minimum absolute atomic E-state index is 0.650. The molecule has 1 aliphatic rings. The second kappa shape index (κ2) is 4.92. The van der Waals surface area contributed by atoms with E-state index >= 15 is 0 Å². The van der Waals surface area contributed by atoms with Crippen LogP contribution in [-0.4, -0.2) is 4.98 Å². The van der Waals surface area contributed by atoms with Crippen molar-refractivity contribution in [3.05, 3.63) is 53.9 Å². The number of aromatic nitrogens is 1. The average molecular weight is 199 g/mol. The number of hydrogen-bond acceptors (Lipinski definition) is 1. The topological polar surface area (TPSA) is 12.9 Å². The smallest absolute Gasteiger partial charge is 0.0270 e. The van der Waals surface area contributed by atoms with Gasteiger partial charge in [-0.05, 0) is 42.9 Å². The van der Waals surface area contributed by atoms with Crippen LogP contribution in [0.4, 0.5) is 0 Å². The van der Waals surface area contributed by atoms with Crippen molar-refractivity contribution < 1.29 is 0 Å². The zero-order valence-corrected chi connectivity index (χ0v) is 9.19. The molecular weight excluding hydrogens is 182 g/mol. The van der Waals surface area contributed by atoms with Crippen LogP contribution in [0.5, 0.6) is 0 Å². The van der Waals surface area contributed by atoms with Gasteiger partial charge in [0.05, 0.1) is 0 Å². The first kappa shape index (κ1) is 10.2. The number of nitrogens with zero attached hydrogens (tertiary/aromatic N) is 1. The zero-order chi connectivity index (χ0) is 10.5. The van der Waals surface area contributed by atoms with E-state index in [2.05, 4.69) is 42.3 Å². The molecule has 2 rings (SSSR count). The van der Waals surface area contributed by atoms with Crippen LogP contribution < -0.4 is 0 Å². The molecule has 15 heavy (non-hydrogen) atoms. The molecule has 1 nitrogen and oxygen atoms in total. The Kier molecular flexibility index (Phi) is 3.33. The van der Waals surface area contributed by atoms with Crippen LogP contribution >= 0.6 is 0 Å². The Morgan fingerprint density at radius 3 is 2.80 bits per heavy atom. The summed E-state index contributed by atoms with van der Waals surface area (Å²) < 4.78 is 0. The highest BCUT2D eigenvalue weighted by atomic mass is 14.6. The van der Waals surface area contributed by atoms with Gasteiger partial charge in [-0.1, -0.05) is 30.7 Å². The summed E-state index contributed by atoms with van der Waals surface area (Å²) in [6, 6.07) is 4.21. The summed E-state index contributed by atoms with van der Waals surface area (Å²) in [6.45, 7) is 2.31. The van der Waals surface area contributed by atoms with Gasteiger partial charge in [0, 0.05) is 12.4 Å². The molecule has 1 aromatic heterocycles. The highest BCUT2D eigenvalue weighted by Crippen LogP contribution is 2.23. The lowest BCUT2D eigenvalue weighted by Gasteiger charge is -2.17. The summed E-state index contributed by atoms with van der Waals surface area (Å²) in [5.41, 5.74) is 2.96. The van der Waals surface area contributed by atoms with E-state index in [1.54, 1.807) is 5.57 Å². The summed E-state index contributed by atoms with van der Waals surface area (Å²) in [5.74, 6) is 0.650. The average Bonchev–Trinajstić information content (AvgIpc) is 2.31. The SMILES string of the molecule is CC(Cc1ccncc1)C1=CC=CCC1. The maximum Gasteiger partial charge on any atom is 0.0270 e. The Morgan fingerprint density at radius 1 is 1.33 bits per heavy atom. The van der Waals surface area contributed by atoms with Gasteiger partial charge in [0.15, 0.2) is 0 Å². The summed E-state index contributed by atoms with van der Waals surface area (Å²) in [4.78, 5) is 4.04. The van der Waals surface area contributed by atoms with Gasteiger partial charge in [-0.3, -0.25) is 4.98 Å². The van der Waals surface area contributed by atoms with Crippen LogP contribution in [0.25, 0.3) is 0 Å². The lowest BCUT2D eigenvalue weighted by atomic mass is 9.89. The maximum atomic E-state index is 4.04. The third-order valence-electron chi connectivity index (χ3n) is 2.97. The lowest BCUT2D eigenvalue weighted by molar-refractivity contribution is 0.639. The van der Waals surface area contributed by atoms with E-state index in [-0.39, 0.29) is 0 Å². The predicted molar refractivity (Wildman–Crippen MR) is 63.6 cm³/mol. The fraction of sp³-hybridized carbons (Fsp3) is 0.357. The van der Waals surface area contributed by atoms with Crippen molar-refractivity contribution in [1.29, 1.82) is 0 Å². The molecule has 0 bridgehead atoms. The third kappa shape index (κ3) is 2.79. The van der Waals surface area contributed by atoms with Gasteiger partial charge in [0.2, 0.25) is 0 Å². The highest BCUT2D eigenvalue weighted by Gasteiger charge is 2.09. The van der Waals surface area contributed by atoms with Gasteiger partial charge in [0.1, 0.15) is 0 Å². The summed E-state index contributed by atoms with van der Waals surface area (Å²) in [7, 11) is 0. The molecule has 0 fully saturated rings. The highest BCUT2D eigenvalue weighted by molar-refractivity contribution is 5.22. The second-order valence-corrected chi connectivity index (χ2v) is 4.17. The van der Waals surface area contributed by atoms with E-state index < -0.39 is 0 Å². The minimum Gasteiger partial charge on any atom is -0.265 e. The first-order valence-electron chi connectivity index (χ1n) is 5.61. The lowest BCUT2D eigenvalue weighted by Crippen LogP contribution is -2.05. The van der Waals surface area contributed by atoms with Gasteiger partial charge in [-0.25, -0.2) is 0 Å². The Hall–Kier alpha value is -1.37. The molecule has 0 spiro atoms. The van der Waals surface area contributed by atoms with Crippen molar-refractivity contribution in [3.8, 4) is 0 Å². The largest absolute Gasteiger partial charge is 0.265 e. The van der Waals surface area contributed by atoms with Crippen LogP contribution in [0.1, 0.15) is 25.3 Å². The zero-order valence-electron chi connectivity index (χ0n) is 9.19. The molecule has 1 heteroatoms. The van der Waals surface area contributed by atoms with Gasteiger partial charge in [-0.2, -0.15) is 0 Å². The number of allylic oxidation sites excluding steroid dienone is 4. The van der Waals surface area contributed by atoms with Crippen LogP contribution in [0.3, 0.4) is 0 Å². The summed E-state index contributed by atoms with van der Waals surface area (Å²) in [6.07, 6.45) is 14.0. The quantitative estimate of drug-likeness (QED) is 0.725. The van der Waals surface area contributed by atoms with Crippen molar-refractivity contribution in [2.45, 2.75) is 26.2 Å². The van der Waals surface area contributed by atoms with Crippen molar-refractivity contribution in [2.24, 2.45) is 5.92 Å². The number of pyridine rings is 1. The summed E-state index contributed by atoms with van der Waals surface area (Å²) in [5, 5.41) is 0. The fourth-order valence-electron chi connectivity index (χ4n) is 2.04. The fourth-order valence-corrected chi connectivity index (χ4v) is 2.04. The molecule has 1 aromatic rings. The minimum atomic E-state index is 0.650. The molecule has 0 radical (unpaired) electrons. The van der Waals surface area contributed by atoms with Crippen molar-refractivity contribution in [1.82, 2.24) is 4.98 Å². The van der Waals surface area contributed by atoms with Crippen molar-refractivity contribution in [3.63, 3.8) is 0 Å². The van der Waals surface area contributed by atoms with Gasteiger partial charge < -0.3 is 0 Å².